The fraction of sp³-hybridized carbons (Fsp3) is 0.250. The summed E-state index contributed by atoms with van der Waals surface area (Å²) < 4.78 is 132. The van der Waals surface area contributed by atoms with Gasteiger partial charge in [-0.3, -0.25) is 0 Å². The van der Waals surface area contributed by atoms with Gasteiger partial charge in [0.25, 0.3) is 0 Å². The lowest BCUT2D eigenvalue weighted by molar-refractivity contribution is -0.292. The van der Waals surface area contributed by atoms with E-state index in [0.717, 1.165) is 12.1 Å². The molecule has 0 aliphatic carbocycles. The molecule has 0 amide bonds. The molecular weight excluding hydrogens is 598 g/mol. The molecule has 32 heavy (non-hydrogen) atoms. The van der Waals surface area contributed by atoms with Crippen LogP contribution in [0.4, 0.5) is 43.9 Å². The maximum atomic E-state index is 13.8. The number of aromatic nitrogens is 4. The van der Waals surface area contributed by atoms with E-state index in [9.17, 15) is 43.9 Å². The monoisotopic (exact) mass is 598 g/mol. The molecule has 2 heterocycles. The molecule has 0 atom stereocenters. The zero-order valence-corrected chi connectivity index (χ0v) is 17.7. The molecule has 0 unspecified atom stereocenters. The molecular formula is C16H2Br2F10N4. The summed E-state index contributed by atoms with van der Waals surface area (Å²) in [7, 11) is 0. The average molecular weight is 600 g/mol. The van der Waals surface area contributed by atoms with Gasteiger partial charge in [-0.25, -0.2) is 19.9 Å². The summed E-state index contributed by atoms with van der Waals surface area (Å²) in [6.45, 7) is 0. The Morgan fingerprint density at radius 1 is 0.531 bits per heavy atom. The molecule has 0 saturated heterocycles. The molecule has 0 saturated carbocycles. The lowest BCUT2D eigenvalue weighted by atomic mass is 10.0. The fourth-order valence-corrected chi connectivity index (χ4v) is 3.92. The molecule has 0 radical (unpaired) electrons. The van der Waals surface area contributed by atoms with Crippen LogP contribution in [0.1, 0.15) is 11.6 Å². The van der Waals surface area contributed by atoms with Crippen molar-refractivity contribution in [2.24, 2.45) is 0 Å². The molecule has 4 nitrogen and oxygen atoms in total. The van der Waals surface area contributed by atoms with Crippen molar-refractivity contribution in [3.05, 3.63) is 32.7 Å². The van der Waals surface area contributed by atoms with E-state index in [0.29, 0.717) is 0 Å². The summed E-state index contributed by atoms with van der Waals surface area (Å²) in [6, 6.07) is 1.72. The van der Waals surface area contributed by atoms with Crippen LogP contribution in [-0.4, -0.2) is 32.3 Å². The topological polar surface area (TPSA) is 51.6 Å². The minimum Gasteiger partial charge on any atom is -0.227 e. The predicted molar refractivity (Wildman–Crippen MR) is 96.6 cm³/mol. The number of hydrogen-bond acceptors (Lipinski definition) is 4. The molecule has 16 heteroatoms. The SMILES string of the molecule is FC(F)(F)C(F)(F)c1nc2cc(Br)c3nc(C(F)(F)C(F)(F)F)nc4cc(Br)c(n1)c2c43. The van der Waals surface area contributed by atoms with Gasteiger partial charge in [0, 0.05) is 19.7 Å². The van der Waals surface area contributed by atoms with E-state index < -0.39 is 57.9 Å². The first-order valence-corrected chi connectivity index (χ1v) is 9.55. The van der Waals surface area contributed by atoms with E-state index in [-0.39, 0.29) is 19.7 Å². The molecule has 4 aromatic rings. The summed E-state index contributed by atoms with van der Waals surface area (Å²) in [4.78, 5) is 13.1. The molecule has 170 valence electrons. The van der Waals surface area contributed by atoms with E-state index in [1.807, 2.05) is 0 Å². The Bertz CT molecular complexity index is 1280. The van der Waals surface area contributed by atoms with Gasteiger partial charge in [0.2, 0.25) is 11.6 Å². The first-order valence-electron chi connectivity index (χ1n) is 7.96. The van der Waals surface area contributed by atoms with Gasteiger partial charge >= 0.3 is 24.2 Å². The van der Waals surface area contributed by atoms with Crippen molar-refractivity contribution in [1.82, 2.24) is 19.9 Å². The highest BCUT2D eigenvalue weighted by Gasteiger charge is 2.62. The summed E-state index contributed by atoms with van der Waals surface area (Å²) in [5.41, 5.74) is -1.90. The zero-order chi connectivity index (χ0) is 24.0. The third kappa shape index (κ3) is 3.16. The van der Waals surface area contributed by atoms with Gasteiger partial charge in [0.15, 0.2) is 0 Å². The van der Waals surface area contributed by atoms with Crippen LogP contribution in [0.2, 0.25) is 0 Å². The smallest absolute Gasteiger partial charge is 0.227 e. The van der Waals surface area contributed by atoms with Crippen molar-refractivity contribution >= 4 is 64.7 Å². The van der Waals surface area contributed by atoms with Gasteiger partial charge in [0.05, 0.1) is 22.1 Å². The normalized spacial score (nSPS) is 14.2. The maximum absolute atomic E-state index is 13.8. The molecule has 4 rings (SSSR count). The van der Waals surface area contributed by atoms with E-state index >= 15 is 0 Å². The highest BCUT2D eigenvalue weighted by molar-refractivity contribution is 9.11. The Morgan fingerprint density at radius 3 is 1.12 bits per heavy atom. The summed E-state index contributed by atoms with van der Waals surface area (Å²) >= 11 is 5.73. The van der Waals surface area contributed by atoms with Gasteiger partial charge in [-0.1, -0.05) is 0 Å². The minimum atomic E-state index is -6.02. The molecule has 2 aromatic heterocycles. The molecule has 0 aliphatic rings. The fourth-order valence-electron chi connectivity index (χ4n) is 2.91. The lowest BCUT2D eigenvalue weighted by Crippen LogP contribution is -2.35. The maximum Gasteiger partial charge on any atom is 0.461 e. The molecule has 0 spiro atoms. The number of rotatable bonds is 2. The van der Waals surface area contributed by atoms with Crippen molar-refractivity contribution in [3.8, 4) is 0 Å². The van der Waals surface area contributed by atoms with Crippen LogP contribution in [0, 0.1) is 0 Å². The van der Waals surface area contributed by atoms with Gasteiger partial charge in [0.1, 0.15) is 0 Å². The van der Waals surface area contributed by atoms with Gasteiger partial charge in [-0.15, -0.1) is 0 Å². The van der Waals surface area contributed by atoms with Crippen molar-refractivity contribution < 1.29 is 43.9 Å². The summed E-state index contributed by atoms with van der Waals surface area (Å²) in [5, 5.41) is -0.424. The third-order valence-corrected chi connectivity index (χ3v) is 5.59. The van der Waals surface area contributed by atoms with Gasteiger partial charge in [-0.2, -0.15) is 43.9 Å². The van der Waals surface area contributed by atoms with E-state index in [4.69, 9.17) is 0 Å². The molecule has 0 N–H and O–H groups in total. The Hall–Kier alpha value is -2.10. The Kier molecular flexibility index (Phi) is 4.84. The summed E-state index contributed by atoms with van der Waals surface area (Å²) in [5.74, 6) is -14.6. The zero-order valence-electron chi connectivity index (χ0n) is 14.5. The number of hydrogen-bond donors (Lipinski definition) is 0. The summed E-state index contributed by atoms with van der Waals surface area (Å²) in [6.07, 6.45) is -12.0. The first-order chi connectivity index (χ1) is 14.5. The standard InChI is InChI=1S/C16H2Br2F10N4/c17-3-1-5-7-8-6(30-12(31-9(3)8)14(21,22)16(26,27)28)2-4(18)10(7)32-11(29-5)13(19,20)15(23,24)25/h1-2H. The van der Waals surface area contributed by atoms with Crippen molar-refractivity contribution in [3.63, 3.8) is 0 Å². The lowest BCUT2D eigenvalue weighted by Gasteiger charge is -2.21. The third-order valence-electron chi connectivity index (χ3n) is 4.38. The van der Waals surface area contributed by atoms with Crippen LogP contribution in [0.5, 0.6) is 0 Å². The predicted octanol–water partition coefficient (Wildman–Crippen LogP) is 7.00. The highest BCUT2D eigenvalue weighted by atomic mass is 79.9. The first kappa shape index (κ1) is 23.1. The number of halogens is 12. The van der Waals surface area contributed by atoms with Crippen molar-refractivity contribution in [2.45, 2.75) is 24.2 Å². The van der Waals surface area contributed by atoms with E-state index in [2.05, 4.69) is 51.8 Å². The van der Waals surface area contributed by atoms with Crippen LogP contribution in [0.25, 0.3) is 32.8 Å². The average Bonchev–Trinajstić information content (AvgIpc) is 2.64. The second-order valence-electron chi connectivity index (χ2n) is 6.44. The number of nitrogens with zero attached hydrogens (tertiary/aromatic N) is 4. The molecule has 0 aliphatic heterocycles. The van der Waals surface area contributed by atoms with Gasteiger partial charge in [-0.05, 0) is 44.0 Å². The van der Waals surface area contributed by atoms with Gasteiger partial charge < -0.3 is 0 Å². The minimum absolute atomic E-state index is 0.212. The van der Waals surface area contributed by atoms with Crippen LogP contribution in [0.15, 0.2) is 21.1 Å². The number of benzene rings is 2. The van der Waals surface area contributed by atoms with E-state index in [1.54, 1.807) is 0 Å². The van der Waals surface area contributed by atoms with Crippen LogP contribution >= 0.6 is 31.9 Å². The molecule has 2 aromatic carbocycles. The van der Waals surface area contributed by atoms with Crippen molar-refractivity contribution in [1.29, 1.82) is 0 Å². The van der Waals surface area contributed by atoms with Crippen LogP contribution in [0.3, 0.4) is 0 Å². The second kappa shape index (κ2) is 6.71. The number of alkyl halides is 10. The second-order valence-corrected chi connectivity index (χ2v) is 8.15. The van der Waals surface area contributed by atoms with E-state index in [1.165, 1.54) is 0 Å². The highest BCUT2D eigenvalue weighted by Crippen LogP contribution is 2.47. The molecule has 0 bridgehead atoms. The quantitative estimate of drug-likeness (QED) is 0.184. The van der Waals surface area contributed by atoms with Crippen molar-refractivity contribution in [2.75, 3.05) is 0 Å². The Labute approximate surface area is 185 Å². The van der Waals surface area contributed by atoms with Crippen LogP contribution < -0.4 is 0 Å². The van der Waals surface area contributed by atoms with Crippen LogP contribution in [-0.2, 0) is 11.8 Å². The largest absolute Gasteiger partial charge is 0.461 e. The Morgan fingerprint density at radius 2 is 0.844 bits per heavy atom. The Balaban J connectivity index is 2.13. The molecule has 0 fully saturated rings.